The van der Waals surface area contributed by atoms with E-state index in [0.29, 0.717) is 12.1 Å². The molecule has 1 saturated heterocycles. The molecule has 0 saturated carbocycles. The van der Waals surface area contributed by atoms with E-state index in [9.17, 15) is 14.4 Å². The van der Waals surface area contributed by atoms with E-state index in [1.165, 1.54) is 7.11 Å². The number of anilines is 2. The van der Waals surface area contributed by atoms with Gasteiger partial charge in [0.2, 0.25) is 5.91 Å². The lowest BCUT2D eigenvalue weighted by Crippen LogP contribution is -2.24. The topological polar surface area (TPSA) is 75.7 Å². The Bertz CT molecular complexity index is 876. The summed E-state index contributed by atoms with van der Waals surface area (Å²) in [6, 6.07) is 11.9. The van der Waals surface area contributed by atoms with Gasteiger partial charge in [0.1, 0.15) is 0 Å². The SMILES string of the molecule is COC(=O)c1ccccc1C(=O)Nc1ccc(N2CCCC2=O)c(C)c1. The molecular formula is C20H20N2O4. The molecule has 0 bridgehead atoms. The number of esters is 1. The third kappa shape index (κ3) is 3.44. The third-order valence-electron chi connectivity index (χ3n) is 4.40. The van der Waals surface area contributed by atoms with Crippen molar-refractivity contribution < 1.29 is 19.1 Å². The molecule has 1 aliphatic rings. The summed E-state index contributed by atoms with van der Waals surface area (Å²) >= 11 is 0. The average molecular weight is 352 g/mol. The van der Waals surface area contributed by atoms with Gasteiger partial charge in [-0.1, -0.05) is 12.1 Å². The number of hydrogen-bond donors (Lipinski definition) is 1. The number of carbonyl (C=O) groups excluding carboxylic acids is 3. The summed E-state index contributed by atoms with van der Waals surface area (Å²) in [4.78, 5) is 38.1. The molecule has 0 aromatic heterocycles. The molecule has 0 unspecified atom stereocenters. The maximum Gasteiger partial charge on any atom is 0.338 e. The third-order valence-corrected chi connectivity index (χ3v) is 4.40. The van der Waals surface area contributed by atoms with Gasteiger partial charge in [0.25, 0.3) is 5.91 Å². The second kappa shape index (κ2) is 7.39. The Labute approximate surface area is 151 Å². The van der Waals surface area contributed by atoms with Gasteiger partial charge in [-0.25, -0.2) is 4.79 Å². The highest BCUT2D eigenvalue weighted by Crippen LogP contribution is 2.27. The molecule has 0 spiro atoms. The molecule has 2 amide bonds. The molecule has 3 rings (SSSR count). The predicted octanol–water partition coefficient (Wildman–Crippen LogP) is 3.16. The number of nitrogens with one attached hydrogen (secondary N) is 1. The van der Waals surface area contributed by atoms with Crippen molar-refractivity contribution in [3.8, 4) is 0 Å². The second-order valence-electron chi connectivity index (χ2n) is 6.14. The number of methoxy groups -OCH3 is 1. The van der Waals surface area contributed by atoms with E-state index in [1.54, 1.807) is 35.2 Å². The van der Waals surface area contributed by atoms with Crippen LogP contribution in [0.25, 0.3) is 0 Å². The van der Waals surface area contributed by atoms with Crippen LogP contribution in [-0.4, -0.2) is 31.4 Å². The molecule has 2 aromatic carbocycles. The lowest BCUT2D eigenvalue weighted by molar-refractivity contribution is -0.117. The fourth-order valence-corrected chi connectivity index (χ4v) is 3.11. The van der Waals surface area contributed by atoms with Gasteiger partial charge in [-0.3, -0.25) is 9.59 Å². The van der Waals surface area contributed by atoms with Crippen LogP contribution in [0.3, 0.4) is 0 Å². The quantitative estimate of drug-likeness (QED) is 0.858. The number of ether oxygens (including phenoxy) is 1. The number of carbonyl (C=O) groups is 3. The molecule has 0 radical (unpaired) electrons. The average Bonchev–Trinajstić information content (AvgIpc) is 3.07. The minimum absolute atomic E-state index is 0.122. The number of amides is 2. The summed E-state index contributed by atoms with van der Waals surface area (Å²) in [5, 5.41) is 2.80. The van der Waals surface area contributed by atoms with Crippen LogP contribution >= 0.6 is 0 Å². The molecule has 2 aromatic rings. The molecule has 1 heterocycles. The monoisotopic (exact) mass is 352 g/mol. The Hall–Kier alpha value is -3.15. The normalized spacial score (nSPS) is 13.6. The van der Waals surface area contributed by atoms with Gasteiger partial charge in [0, 0.05) is 24.3 Å². The van der Waals surface area contributed by atoms with Gasteiger partial charge in [0.05, 0.1) is 18.2 Å². The van der Waals surface area contributed by atoms with E-state index in [1.807, 2.05) is 19.1 Å². The van der Waals surface area contributed by atoms with E-state index < -0.39 is 11.9 Å². The van der Waals surface area contributed by atoms with Crippen molar-refractivity contribution in [3.63, 3.8) is 0 Å². The van der Waals surface area contributed by atoms with Crippen molar-refractivity contribution in [1.29, 1.82) is 0 Å². The van der Waals surface area contributed by atoms with Crippen LogP contribution in [0.15, 0.2) is 42.5 Å². The second-order valence-corrected chi connectivity index (χ2v) is 6.14. The van der Waals surface area contributed by atoms with E-state index in [0.717, 1.165) is 24.2 Å². The Balaban J connectivity index is 1.82. The van der Waals surface area contributed by atoms with Crippen LogP contribution in [0.4, 0.5) is 11.4 Å². The molecule has 0 atom stereocenters. The van der Waals surface area contributed by atoms with Crippen LogP contribution in [0, 0.1) is 6.92 Å². The molecule has 134 valence electrons. The Kier molecular flexibility index (Phi) is 5.02. The minimum atomic E-state index is -0.560. The molecule has 1 fully saturated rings. The Morgan fingerprint density at radius 1 is 1.12 bits per heavy atom. The summed E-state index contributed by atoms with van der Waals surface area (Å²) in [5.41, 5.74) is 2.82. The first-order chi connectivity index (χ1) is 12.5. The maximum atomic E-state index is 12.6. The number of rotatable bonds is 4. The zero-order valence-corrected chi connectivity index (χ0v) is 14.7. The summed E-state index contributed by atoms with van der Waals surface area (Å²) in [6.45, 7) is 2.62. The minimum Gasteiger partial charge on any atom is -0.465 e. The number of nitrogens with zero attached hydrogens (tertiary/aromatic N) is 1. The van der Waals surface area contributed by atoms with Crippen molar-refractivity contribution in [1.82, 2.24) is 0 Å². The first-order valence-corrected chi connectivity index (χ1v) is 8.41. The molecule has 26 heavy (non-hydrogen) atoms. The number of aryl methyl sites for hydroxylation is 1. The highest BCUT2D eigenvalue weighted by molar-refractivity contribution is 6.11. The maximum absolute atomic E-state index is 12.6. The lowest BCUT2D eigenvalue weighted by atomic mass is 10.1. The van der Waals surface area contributed by atoms with Gasteiger partial charge in [-0.05, 0) is 49.2 Å². The molecule has 1 aliphatic heterocycles. The van der Waals surface area contributed by atoms with E-state index in [4.69, 9.17) is 4.74 Å². The highest BCUT2D eigenvalue weighted by Gasteiger charge is 2.23. The van der Waals surface area contributed by atoms with E-state index in [-0.39, 0.29) is 17.0 Å². The van der Waals surface area contributed by atoms with Gasteiger partial charge < -0.3 is 15.0 Å². The van der Waals surface area contributed by atoms with Crippen molar-refractivity contribution >= 4 is 29.2 Å². The Morgan fingerprint density at radius 3 is 2.46 bits per heavy atom. The lowest BCUT2D eigenvalue weighted by Gasteiger charge is -2.19. The van der Waals surface area contributed by atoms with Crippen LogP contribution in [-0.2, 0) is 9.53 Å². The molecule has 0 aliphatic carbocycles. The zero-order valence-electron chi connectivity index (χ0n) is 14.7. The Morgan fingerprint density at radius 2 is 1.85 bits per heavy atom. The summed E-state index contributed by atoms with van der Waals surface area (Å²) in [7, 11) is 1.28. The van der Waals surface area contributed by atoms with E-state index >= 15 is 0 Å². The summed E-state index contributed by atoms with van der Waals surface area (Å²) in [5.74, 6) is -0.831. The summed E-state index contributed by atoms with van der Waals surface area (Å²) in [6.07, 6.45) is 1.43. The first kappa shape index (κ1) is 17.7. The molecule has 6 nitrogen and oxygen atoms in total. The smallest absolute Gasteiger partial charge is 0.338 e. The first-order valence-electron chi connectivity index (χ1n) is 8.41. The standard InChI is InChI=1S/C20H20N2O4/c1-13-12-14(9-10-17(13)22-11-5-8-18(22)23)21-19(24)15-6-3-4-7-16(15)20(25)26-2/h3-4,6-7,9-10,12H,5,8,11H2,1-2H3,(H,21,24). The van der Waals surface area contributed by atoms with Crippen LogP contribution in [0.5, 0.6) is 0 Å². The van der Waals surface area contributed by atoms with Crippen molar-refractivity contribution in [3.05, 3.63) is 59.2 Å². The zero-order chi connectivity index (χ0) is 18.7. The predicted molar refractivity (Wildman–Crippen MR) is 98.5 cm³/mol. The fraction of sp³-hybridized carbons (Fsp3) is 0.250. The van der Waals surface area contributed by atoms with Crippen molar-refractivity contribution in [2.45, 2.75) is 19.8 Å². The van der Waals surface area contributed by atoms with Gasteiger partial charge in [-0.2, -0.15) is 0 Å². The molecule has 1 N–H and O–H groups in total. The fourth-order valence-electron chi connectivity index (χ4n) is 3.11. The number of benzene rings is 2. The molecular weight excluding hydrogens is 332 g/mol. The van der Waals surface area contributed by atoms with Gasteiger partial charge in [-0.15, -0.1) is 0 Å². The van der Waals surface area contributed by atoms with Crippen molar-refractivity contribution in [2.75, 3.05) is 23.9 Å². The van der Waals surface area contributed by atoms with Crippen LogP contribution in [0.1, 0.15) is 39.1 Å². The largest absolute Gasteiger partial charge is 0.465 e. The molecule has 6 heteroatoms. The summed E-state index contributed by atoms with van der Waals surface area (Å²) < 4.78 is 4.72. The van der Waals surface area contributed by atoms with Crippen LogP contribution in [0.2, 0.25) is 0 Å². The van der Waals surface area contributed by atoms with Crippen LogP contribution < -0.4 is 10.2 Å². The van der Waals surface area contributed by atoms with Gasteiger partial charge >= 0.3 is 5.97 Å². The van der Waals surface area contributed by atoms with Gasteiger partial charge in [0.15, 0.2) is 0 Å². The highest BCUT2D eigenvalue weighted by atomic mass is 16.5. The number of hydrogen-bond acceptors (Lipinski definition) is 4. The van der Waals surface area contributed by atoms with Crippen molar-refractivity contribution in [2.24, 2.45) is 0 Å². The van der Waals surface area contributed by atoms with E-state index in [2.05, 4.69) is 5.32 Å².